The fourth-order valence-electron chi connectivity index (χ4n) is 3.06. The van der Waals surface area contributed by atoms with E-state index in [2.05, 4.69) is 4.98 Å². The Morgan fingerprint density at radius 1 is 1.44 bits per heavy atom. The van der Waals surface area contributed by atoms with Crippen LogP contribution in [0.25, 0.3) is 0 Å². The summed E-state index contributed by atoms with van der Waals surface area (Å²) in [6.07, 6.45) is 5.73. The predicted octanol–water partition coefficient (Wildman–Crippen LogP) is 2.60. The average molecular weight is 251 g/mol. The molecule has 98 valence electrons. The van der Waals surface area contributed by atoms with Crippen molar-refractivity contribution in [3.8, 4) is 0 Å². The summed E-state index contributed by atoms with van der Waals surface area (Å²) < 4.78 is 18.7. The third kappa shape index (κ3) is 2.15. The molecule has 1 aromatic rings. The maximum atomic E-state index is 12.8. The number of aromatic nitrogens is 1. The first-order chi connectivity index (χ1) is 8.69. The Kier molecular flexibility index (Phi) is 3.08. The molecule has 3 nitrogen and oxygen atoms in total. The molecule has 2 aliphatic rings. The summed E-state index contributed by atoms with van der Waals surface area (Å²) in [4.78, 5) is 3.98. The summed E-state index contributed by atoms with van der Waals surface area (Å²) in [5.74, 6) is -0.189. The Bertz CT molecular complexity index is 416. The van der Waals surface area contributed by atoms with Crippen LogP contribution >= 0.6 is 0 Å². The van der Waals surface area contributed by atoms with Crippen LogP contribution in [0.4, 0.5) is 4.39 Å². The van der Waals surface area contributed by atoms with E-state index in [0.29, 0.717) is 12.3 Å². The highest BCUT2D eigenvalue weighted by molar-refractivity contribution is 5.10. The minimum atomic E-state index is -0.605. The largest absolute Gasteiger partial charge is 0.387 e. The first-order valence-corrected chi connectivity index (χ1v) is 6.62. The number of aliphatic hydroxyl groups is 1. The van der Waals surface area contributed by atoms with E-state index in [1.165, 1.54) is 12.5 Å². The van der Waals surface area contributed by atoms with Gasteiger partial charge in [0.25, 0.3) is 0 Å². The molecule has 2 fully saturated rings. The quantitative estimate of drug-likeness (QED) is 0.878. The third-order valence-electron chi connectivity index (χ3n) is 4.30. The van der Waals surface area contributed by atoms with Gasteiger partial charge in [0.15, 0.2) is 0 Å². The zero-order valence-electron chi connectivity index (χ0n) is 10.3. The number of aliphatic hydroxyl groups excluding tert-OH is 1. The van der Waals surface area contributed by atoms with Crippen molar-refractivity contribution in [1.82, 2.24) is 4.98 Å². The molecule has 1 saturated heterocycles. The Labute approximate surface area is 106 Å². The second kappa shape index (κ2) is 4.59. The van der Waals surface area contributed by atoms with E-state index in [4.69, 9.17) is 4.74 Å². The standard InChI is InChI=1S/C14H18FNO2/c15-11-2-3-12(16-9-11)13(17)10-4-7-18-14(8-10)5-1-6-14/h2-3,9-10,13,17H,1,4-8H2. The van der Waals surface area contributed by atoms with Crippen LogP contribution < -0.4 is 0 Å². The smallest absolute Gasteiger partial charge is 0.141 e. The van der Waals surface area contributed by atoms with Crippen LogP contribution in [0.5, 0.6) is 0 Å². The summed E-state index contributed by atoms with van der Waals surface area (Å²) in [6.45, 7) is 0.711. The lowest BCUT2D eigenvalue weighted by Crippen LogP contribution is -2.46. The molecule has 0 amide bonds. The lowest BCUT2D eigenvalue weighted by atomic mass is 9.70. The van der Waals surface area contributed by atoms with Crippen molar-refractivity contribution < 1.29 is 14.2 Å². The van der Waals surface area contributed by atoms with Gasteiger partial charge in [0.2, 0.25) is 0 Å². The zero-order valence-corrected chi connectivity index (χ0v) is 10.3. The summed E-state index contributed by atoms with van der Waals surface area (Å²) in [5, 5.41) is 10.3. The normalized spacial score (nSPS) is 27.8. The molecule has 2 unspecified atom stereocenters. The van der Waals surface area contributed by atoms with Crippen molar-refractivity contribution in [3.63, 3.8) is 0 Å². The van der Waals surface area contributed by atoms with Crippen LogP contribution in [0, 0.1) is 11.7 Å². The number of ether oxygens (including phenoxy) is 1. The Hall–Kier alpha value is -1.00. The first kappa shape index (κ1) is 12.1. The molecule has 1 aromatic heterocycles. The fourth-order valence-corrected chi connectivity index (χ4v) is 3.06. The Morgan fingerprint density at radius 2 is 2.28 bits per heavy atom. The maximum absolute atomic E-state index is 12.8. The molecule has 2 heterocycles. The molecule has 18 heavy (non-hydrogen) atoms. The monoisotopic (exact) mass is 251 g/mol. The molecule has 3 rings (SSSR count). The van der Waals surface area contributed by atoms with E-state index < -0.39 is 6.10 Å². The summed E-state index contributed by atoms with van der Waals surface area (Å²) in [5.41, 5.74) is 0.585. The van der Waals surface area contributed by atoms with Crippen molar-refractivity contribution in [2.45, 2.75) is 43.8 Å². The van der Waals surface area contributed by atoms with Crippen molar-refractivity contribution in [2.24, 2.45) is 5.92 Å². The van der Waals surface area contributed by atoms with E-state index in [1.54, 1.807) is 6.07 Å². The summed E-state index contributed by atoms with van der Waals surface area (Å²) >= 11 is 0. The second-order valence-electron chi connectivity index (χ2n) is 5.48. The van der Waals surface area contributed by atoms with E-state index in [-0.39, 0.29) is 17.3 Å². The molecule has 1 saturated carbocycles. The lowest BCUT2D eigenvalue weighted by molar-refractivity contribution is -0.157. The van der Waals surface area contributed by atoms with E-state index >= 15 is 0 Å². The van der Waals surface area contributed by atoms with Crippen molar-refractivity contribution in [3.05, 3.63) is 29.8 Å². The van der Waals surface area contributed by atoms with Gasteiger partial charge in [-0.2, -0.15) is 0 Å². The maximum Gasteiger partial charge on any atom is 0.141 e. The molecular weight excluding hydrogens is 233 g/mol. The van der Waals surface area contributed by atoms with Crippen LogP contribution in [0.2, 0.25) is 0 Å². The number of hydrogen-bond acceptors (Lipinski definition) is 3. The number of nitrogens with zero attached hydrogens (tertiary/aromatic N) is 1. The molecule has 0 radical (unpaired) electrons. The minimum absolute atomic E-state index is 0.0178. The highest BCUT2D eigenvalue weighted by Gasteiger charge is 2.44. The molecule has 1 aliphatic heterocycles. The molecule has 2 atom stereocenters. The fraction of sp³-hybridized carbons (Fsp3) is 0.643. The van der Waals surface area contributed by atoms with E-state index in [1.807, 2.05) is 0 Å². The average Bonchev–Trinajstić information content (AvgIpc) is 2.37. The highest BCUT2D eigenvalue weighted by Crippen LogP contribution is 2.46. The Balaban J connectivity index is 1.71. The van der Waals surface area contributed by atoms with Gasteiger partial charge < -0.3 is 9.84 Å². The van der Waals surface area contributed by atoms with Crippen molar-refractivity contribution >= 4 is 0 Å². The second-order valence-corrected chi connectivity index (χ2v) is 5.48. The van der Waals surface area contributed by atoms with Crippen LogP contribution in [0.3, 0.4) is 0 Å². The van der Waals surface area contributed by atoms with Crippen LogP contribution in [0.1, 0.15) is 43.9 Å². The van der Waals surface area contributed by atoms with Crippen LogP contribution in [-0.4, -0.2) is 22.3 Å². The van der Waals surface area contributed by atoms with Crippen LogP contribution in [-0.2, 0) is 4.74 Å². The van der Waals surface area contributed by atoms with Gasteiger partial charge in [0.1, 0.15) is 5.82 Å². The number of halogens is 1. The topological polar surface area (TPSA) is 42.4 Å². The van der Waals surface area contributed by atoms with E-state index in [9.17, 15) is 9.50 Å². The van der Waals surface area contributed by atoms with Gasteiger partial charge in [0.05, 0.1) is 23.6 Å². The van der Waals surface area contributed by atoms with Gasteiger partial charge in [-0.15, -0.1) is 0 Å². The van der Waals surface area contributed by atoms with E-state index in [0.717, 1.165) is 31.9 Å². The number of hydrogen-bond donors (Lipinski definition) is 1. The van der Waals surface area contributed by atoms with Gasteiger partial charge in [-0.3, -0.25) is 4.98 Å². The van der Waals surface area contributed by atoms with Gasteiger partial charge in [0, 0.05) is 6.61 Å². The summed E-state index contributed by atoms with van der Waals surface area (Å²) in [6, 6.07) is 2.92. The van der Waals surface area contributed by atoms with Gasteiger partial charge in [-0.1, -0.05) is 0 Å². The van der Waals surface area contributed by atoms with Crippen molar-refractivity contribution in [1.29, 1.82) is 0 Å². The van der Waals surface area contributed by atoms with Gasteiger partial charge in [-0.05, 0) is 50.2 Å². The predicted molar refractivity (Wildman–Crippen MR) is 64.4 cm³/mol. The third-order valence-corrected chi connectivity index (χ3v) is 4.30. The highest BCUT2D eigenvalue weighted by atomic mass is 19.1. The lowest BCUT2D eigenvalue weighted by Gasteiger charge is -2.48. The van der Waals surface area contributed by atoms with Gasteiger partial charge in [-0.25, -0.2) is 4.39 Å². The Morgan fingerprint density at radius 3 is 2.89 bits per heavy atom. The first-order valence-electron chi connectivity index (χ1n) is 6.62. The van der Waals surface area contributed by atoms with Crippen LogP contribution in [0.15, 0.2) is 18.3 Å². The number of pyridine rings is 1. The number of rotatable bonds is 2. The molecule has 1 aliphatic carbocycles. The van der Waals surface area contributed by atoms with Crippen molar-refractivity contribution in [2.75, 3.05) is 6.61 Å². The molecule has 1 N–H and O–H groups in total. The molecule has 4 heteroatoms. The molecule has 0 aromatic carbocycles. The zero-order chi connectivity index (χ0) is 12.6. The summed E-state index contributed by atoms with van der Waals surface area (Å²) in [7, 11) is 0. The molecule has 1 spiro atoms. The molecular formula is C14H18FNO2. The molecule has 0 bridgehead atoms. The minimum Gasteiger partial charge on any atom is -0.387 e. The van der Waals surface area contributed by atoms with Gasteiger partial charge >= 0.3 is 0 Å². The SMILES string of the molecule is OC(c1ccc(F)cn1)C1CCOC2(CCC2)C1.